The van der Waals surface area contributed by atoms with Crippen molar-refractivity contribution in [2.75, 3.05) is 34.2 Å². The van der Waals surface area contributed by atoms with Crippen LogP contribution in [0.25, 0.3) is 11.3 Å². The van der Waals surface area contributed by atoms with Gasteiger partial charge in [-0.2, -0.15) is 0 Å². The van der Waals surface area contributed by atoms with E-state index in [4.69, 9.17) is 0 Å². The summed E-state index contributed by atoms with van der Waals surface area (Å²) in [7, 11) is 5.80. The quantitative estimate of drug-likeness (QED) is 0.624. The number of Topliss-reactive ketones (excluding diaryl/α,β-unsaturated/α-hetero) is 1. The first-order valence-electron chi connectivity index (χ1n) is 11.0. The summed E-state index contributed by atoms with van der Waals surface area (Å²) >= 11 is 0. The van der Waals surface area contributed by atoms with Crippen LogP contribution in [0.1, 0.15) is 33.6 Å². The highest BCUT2D eigenvalue weighted by Crippen LogP contribution is 2.36. The van der Waals surface area contributed by atoms with Gasteiger partial charge in [0.1, 0.15) is 0 Å². The Labute approximate surface area is 189 Å². The van der Waals surface area contributed by atoms with Gasteiger partial charge in [-0.25, -0.2) is 0 Å². The van der Waals surface area contributed by atoms with E-state index in [0.717, 1.165) is 40.2 Å². The Kier molecular flexibility index (Phi) is 6.51. The fraction of sp³-hybridized carbons (Fsp3) is 0.346. The third-order valence-corrected chi connectivity index (χ3v) is 6.14. The van der Waals surface area contributed by atoms with Crippen LogP contribution < -0.4 is 0 Å². The molecular weight excluding hydrogens is 400 g/mol. The van der Waals surface area contributed by atoms with Gasteiger partial charge in [0.25, 0.3) is 0 Å². The second-order valence-corrected chi connectivity index (χ2v) is 8.82. The minimum absolute atomic E-state index is 0.0375. The Morgan fingerprint density at radius 1 is 1.03 bits per heavy atom. The van der Waals surface area contributed by atoms with Crippen LogP contribution in [0.15, 0.2) is 54.9 Å². The van der Waals surface area contributed by atoms with Crippen LogP contribution >= 0.6 is 0 Å². The topological polar surface area (TPSA) is 69.3 Å². The molecular formula is C26H30N4O2. The van der Waals surface area contributed by atoms with E-state index in [1.165, 1.54) is 0 Å². The van der Waals surface area contributed by atoms with Crippen LogP contribution in [-0.2, 0) is 17.6 Å². The maximum absolute atomic E-state index is 13.3. The highest BCUT2D eigenvalue weighted by molar-refractivity contribution is 6.04. The number of rotatable bonds is 7. The summed E-state index contributed by atoms with van der Waals surface area (Å²) in [6.07, 6.45) is 4.99. The van der Waals surface area contributed by atoms with Gasteiger partial charge < -0.3 is 14.8 Å². The molecule has 0 fully saturated rings. The molecule has 0 saturated heterocycles. The Bertz CT molecular complexity index is 1090. The van der Waals surface area contributed by atoms with Gasteiger partial charge in [0, 0.05) is 68.6 Å². The first-order chi connectivity index (χ1) is 15.4. The van der Waals surface area contributed by atoms with E-state index in [2.05, 4.69) is 27.0 Å². The second kappa shape index (κ2) is 9.49. The largest absolute Gasteiger partial charge is 0.358 e. The van der Waals surface area contributed by atoms with Crippen molar-refractivity contribution >= 4 is 11.7 Å². The van der Waals surface area contributed by atoms with Gasteiger partial charge in [0.15, 0.2) is 5.78 Å². The average Bonchev–Trinajstić information content (AvgIpc) is 3.16. The number of aromatic nitrogens is 2. The summed E-state index contributed by atoms with van der Waals surface area (Å²) in [6.45, 7) is 1.44. The molecule has 6 heteroatoms. The number of benzene rings is 1. The van der Waals surface area contributed by atoms with Crippen molar-refractivity contribution in [3.05, 3.63) is 77.2 Å². The first-order valence-corrected chi connectivity index (χ1v) is 11.0. The zero-order valence-electron chi connectivity index (χ0n) is 19.0. The molecule has 1 amide bonds. The molecule has 1 atom stereocenters. The Hall–Kier alpha value is -3.25. The van der Waals surface area contributed by atoms with Crippen LogP contribution in [0.2, 0.25) is 0 Å². The molecule has 0 spiro atoms. The van der Waals surface area contributed by atoms with E-state index in [1.807, 2.05) is 51.5 Å². The van der Waals surface area contributed by atoms with Crippen molar-refractivity contribution in [3.8, 4) is 11.3 Å². The lowest BCUT2D eigenvalue weighted by Crippen LogP contribution is -2.40. The Morgan fingerprint density at radius 3 is 2.44 bits per heavy atom. The van der Waals surface area contributed by atoms with Crippen molar-refractivity contribution in [1.82, 2.24) is 19.8 Å². The van der Waals surface area contributed by atoms with Gasteiger partial charge in [0.05, 0.1) is 11.6 Å². The smallest absolute Gasteiger partial charge is 0.226 e. The molecule has 2 aromatic heterocycles. The predicted octanol–water partition coefficient (Wildman–Crippen LogP) is 3.43. The number of hydrogen-bond acceptors (Lipinski definition) is 4. The third kappa shape index (κ3) is 4.65. The van der Waals surface area contributed by atoms with Crippen LogP contribution in [0.3, 0.4) is 0 Å². The van der Waals surface area contributed by atoms with Crippen molar-refractivity contribution in [2.45, 2.75) is 19.3 Å². The van der Waals surface area contributed by atoms with Crippen LogP contribution in [-0.4, -0.2) is 65.7 Å². The number of aromatic amines is 1. The summed E-state index contributed by atoms with van der Waals surface area (Å²) < 4.78 is 0. The lowest BCUT2D eigenvalue weighted by Gasteiger charge is -2.27. The molecule has 0 radical (unpaired) electrons. The van der Waals surface area contributed by atoms with Gasteiger partial charge in [0.2, 0.25) is 5.91 Å². The van der Waals surface area contributed by atoms with E-state index in [9.17, 15) is 9.59 Å². The summed E-state index contributed by atoms with van der Waals surface area (Å²) in [4.78, 5) is 37.8. The van der Waals surface area contributed by atoms with Gasteiger partial charge in [-0.05, 0) is 37.4 Å². The molecule has 2 heterocycles. The number of pyridine rings is 1. The molecule has 0 bridgehead atoms. The van der Waals surface area contributed by atoms with Crippen LogP contribution in [0, 0.1) is 5.92 Å². The number of amides is 1. The molecule has 1 N–H and O–H groups in total. The van der Waals surface area contributed by atoms with E-state index in [-0.39, 0.29) is 24.0 Å². The highest BCUT2D eigenvalue weighted by atomic mass is 16.2. The van der Waals surface area contributed by atoms with E-state index < -0.39 is 0 Å². The fourth-order valence-electron chi connectivity index (χ4n) is 4.42. The number of likely N-dealkylation sites (N-methyl/N-ethyl adjacent to an activating group) is 2. The van der Waals surface area contributed by atoms with Crippen LogP contribution in [0.4, 0.5) is 0 Å². The lowest BCUT2D eigenvalue weighted by molar-refractivity contribution is -0.134. The molecule has 1 aliphatic carbocycles. The monoisotopic (exact) mass is 430 g/mol. The third-order valence-electron chi connectivity index (χ3n) is 6.14. The molecule has 0 saturated carbocycles. The van der Waals surface area contributed by atoms with E-state index in [0.29, 0.717) is 19.4 Å². The highest BCUT2D eigenvalue weighted by Gasteiger charge is 2.35. The minimum atomic E-state index is -0.323. The molecule has 32 heavy (non-hydrogen) atoms. The summed E-state index contributed by atoms with van der Waals surface area (Å²) in [5.74, 6) is -0.237. The maximum Gasteiger partial charge on any atom is 0.226 e. The number of ketones is 1. The Morgan fingerprint density at radius 2 is 1.75 bits per heavy atom. The average molecular weight is 431 g/mol. The van der Waals surface area contributed by atoms with E-state index in [1.54, 1.807) is 17.3 Å². The number of nitrogens with zero attached hydrogens (tertiary/aromatic N) is 3. The molecule has 1 unspecified atom stereocenters. The SMILES string of the molecule is CN(C)CCN(C)C(=O)C1CC(=O)c2c([nH]c(-c3ccncc3)c2Cc2ccccc2)C1. The number of carbonyl (C=O) groups excluding carboxylic acids is 2. The second-order valence-electron chi connectivity index (χ2n) is 8.82. The number of hydrogen-bond donors (Lipinski definition) is 1. The minimum Gasteiger partial charge on any atom is -0.358 e. The van der Waals surface area contributed by atoms with Crippen molar-refractivity contribution in [2.24, 2.45) is 5.92 Å². The molecule has 1 aromatic carbocycles. The van der Waals surface area contributed by atoms with Crippen molar-refractivity contribution in [1.29, 1.82) is 0 Å². The summed E-state index contributed by atoms with van der Waals surface area (Å²) in [5.41, 5.74) is 5.75. The standard InChI is InChI=1S/C26H30N4O2/c1-29(2)13-14-30(3)26(32)20-16-22-24(23(31)17-20)21(15-18-7-5-4-6-8-18)25(28-22)19-9-11-27-12-10-19/h4-12,20,28H,13-17H2,1-3H3. The number of nitrogens with one attached hydrogen (secondary N) is 1. The van der Waals surface area contributed by atoms with Crippen molar-refractivity contribution in [3.63, 3.8) is 0 Å². The molecule has 0 aliphatic heterocycles. The molecule has 6 nitrogen and oxygen atoms in total. The molecule has 166 valence electrons. The van der Waals surface area contributed by atoms with Crippen molar-refractivity contribution < 1.29 is 9.59 Å². The molecule has 4 rings (SSSR count). The molecule has 3 aromatic rings. The zero-order valence-corrected chi connectivity index (χ0v) is 19.0. The summed E-state index contributed by atoms with van der Waals surface area (Å²) in [6, 6.07) is 14.1. The van der Waals surface area contributed by atoms with Gasteiger partial charge >= 0.3 is 0 Å². The normalized spacial score (nSPS) is 15.6. The van der Waals surface area contributed by atoms with Gasteiger partial charge in [-0.3, -0.25) is 14.6 Å². The fourth-order valence-corrected chi connectivity index (χ4v) is 4.42. The van der Waals surface area contributed by atoms with E-state index >= 15 is 0 Å². The summed E-state index contributed by atoms with van der Waals surface area (Å²) in [5, 5.41) is 0. The zero-order chi connectivity index (χ0) is 22.7. The van der Waals surface area contributed by atoms with Crippen LogP contribution in [0.5, 0.6) is 0 Å². The van der Waals surface area contributed by atoms with Gasteiger partial charge in [-0.1, -0.05) is 30.3 Å². The lowest BCUT2D eigenvalue weighted by atomic mass is 9.83. The molecule has 1 aliphatic rings. The Balaban J connectivity index is 1.67. The number of carbonyl (C=O) groups is 2. The maximum atomic E-state index is 13.3. The first kappa shape index (κ1) is 22.0. The predicted molar refractivity (Wildman–Crippen MR) is 126 cm³/mol. The number of fused-ring (bicyclic) bond motifs is 1. The van der Waals surface area contributed by atoms with Gasteiger partial charge in [-0.15, -0.1) is 0 Å². The number of H-pyrrole nitrogens is 1.